The number of hydrogen-bond donors (Lipinski definition) is 2. The van der Waals surface area contributed by atoms with E-state index in [0.717, 1.165) is 35.5 Å². The third-order valence-electron chi connectivity index (χ3n) is 5.47. The van der Waals surface area contributed by atoms with Crippen molar-refractivity contribution in [1.29, 1.82) is 0 Å². The fourth-order valence-corrected chi connectivity index (χ4v) is 3.66. The second-order valence-electron chi connectivity index (χ2n) is 9.32. The minimum Gasteiger partial charge on any atom is -0.369 e. The molecule has 6 heteroatoms. The van der Waals surface area contributed by atoms with E-state index >= 15 is 0 Å². The Bertz CT molecular complexity index is 770. The van der Waals surface area contributed by atoms with Crippen molar-refractivity contribution in [3.05, 3.63) is 30.7 Å². The van der Waals surface area contributed by atoms with Gasteiger partial charge < -0.3 is 15.5 Å². The summed E-state index contributed by atoms with van der Waals surface area (Å²) in [6, 6.07) is 7.55. The summed E-state index contributed by atoms with van der Waals surface area (Å²) in [6.45, 7) is 9.90. The molecule has 0 bridgehead atoms. The number of likely N-dealkylation sites (tertiary alicyclic amines) is 1. The first-order chi connectivity index (χ1) is 13.5. The van der Waals surface area contributed by atoms with Crippen LogP contribution >= 0.6 is 0 Å². The molecule has 6 nitrogen and oxygen atoms in total. The van der Waals surface area contributed by atoms with Crippen LogP contribution in [0.15, 0.2) is 30.7 Å². The largest absolute Gasteiger partial charge is 0.369 e. The summed E-state index contributed by atoms with van der Waals surface area (Å²) in [5.74, 6) is 1.80. The van der Waals surface area contributed by atoms with Crippen molar-refractivity contribution in [1.82, 2.24) is 19.9 Å². The van der Waals surface area contributed by atoms with E-state index in [4.69, 9.17) is 0 Å². The van der Waals surface area contributed by atoms with E-state index in [-0.39, 0.29) is 5.41 Å². The molecule has 2 N–H and O–H groups in total. The van der Waals surface area contributed by atoms with Gasteiger partial charge in [-0.3, -0.25) is 0 Å². The average molecular weight is 381 g/mol. The van der Waals surface area contributed by atoms with Gasteiger partial charge in [-0.25, -0.2) is 15.0 Å². The molecule has 2 aromatic heterocycles. The third-order valence-corrected chi connectivity index (χ3v) is 5.47. The van der Waals surface area contributed by atoms with Crippen LogP contribution in [0.3, 0.4) is 0 Å². The Balaban J connectivity index is 1.34. The number of nitrogens with zero attached hydrogens (tertiary/aromatic N) is 4. The molecular weight excluding hydrogens is 348 g/mol. The van der Waals surface area contributed by atoms with Crippen molar-refractivity contribution in [2.45, 2.75) is 58.5 Å². The zero-order valence-electron chi connectivity index (χ0n) is 17.3. The highest BCUT2D eigenvalue weighted by Gasteiger charge is 2.31. The fourth-order valence-electron chi connectivity index (χ4n) is 3.66. The van der Waals surface area contributed by atoms with Gasteiger partial charge >= 0.3 is 0 Å². The van der Waals surface area contributed by atoms with Crippen LogP contribution in [0.4, 0.5) is 11.6 Å². The van der Waals surface area contributed by atoms with E-state index in [1.54, 1.807) is 6.33 Å². The molecule has 0 amide bonds. The lowest BCUT2D eigenvalue weighted by atomic mass is 9.97. The van der Waals surface area contributed by atoms with E-state index in [1.165, 1.54) is 38.8 Å². The van der Waals surface area contributed by atoms with Crippen molar-refractivity contribution in [2.75, 3.05) is 30.3 Å². The summed E-state index contributed by atoms with van der Waals surface area (Å²) in [7, 11) is 0. The minimum atomic E-state index is 0.203. The summed E-state index contributed by atoms with van der Waals surface area (Å²) in [4.78, 5) is 16.0. The molecular formula is C22H32N6. The Morgan fingerprint density at radius 3 is 2.43 bits per heavy atom. The summed E-state index contributed by atoms with van der Waals surface area (Å²) >= 11 is 0. The molecule has 3 heterocycles. The molecule has 28 heavy (non-hydrogen) atoms. The number of pyridine rings is 1. The first kappa shape index (κ1) is 19.1. The van der Waals surface area contributed by atoms with Crippen LogP contribution in [0.2, 0.25) is 0 Å². The molecule has 150 valence electrons. The molecule has 0 spiro atoms. The van der Waals surface area contributed by atoms with Gasteiger partial charge in [-0.05, 0) is 43.2 Å². The molecule has 4 rings (SSSR count). The van der Waals surface area contributed by atoms with Crippen molar-refractivity contribution in [3.8, 4) is 11.3 Å². The highest BCUT2D eigenvalue weighted by molar-refractivity contribution is 5.62. The molecule has 0 aromatic carbocycles. The lowest BCUT2D eigenvalue weighted by molar-refractivity contribution is 0.210. The summed E-state index contributed by atoms with van der Waals surface area (Å²) in [6.07, 6.45) is 8.72. The maximum absolute atomic E-state index is 4.63. The highest BCUT2D eigenvalue weighted by atomic mass is 15.2. The normalized spacial score (nSPS) is 18.8. The Morgan fingerprint density at radius 2 is 1.79 bits per heavy atom. The summed E-state index contributed by atoms with van der Waals surface area (Å²) in [5, 5.41) is 6.99. The van der Waals surface area contributed by atoms with Crippen LogP contribution in [0, 0.1) is 5.41 Å². The molecule has 2 aromatic rings. The molecule has 1 aliphatic heterocycles. The lowest BCUT2D eigenvalue weighted by Gasteiger charge is -2.32. The molecule has 1 aliphatic carbocycles. The monoisotopic (exact) mass is 380 g/mol. The van der Waals surface area contributed by atoms with Gasteiger partial charge in [-0.15, -0.1) is 0 Å². The zero-order chi connectivity index (χ0) is 19.6. The van der Waals surface area contributed by atoms with Crippen LogP contribution in [0.25, 0.3) is 11.3 Å². The summed E-state index contributed by atoms with van der Waals surface area (Å²) in [5.41, 5.74) is 2.10. The van der Waals surface area contributed by atoms with Gasteiger partial charge in [0.25, 0.3) is 0 Å². The van der Waals surface area contributed by atoms with Crippen LogP contribution in [0.5, 0.6) is 0 Å². The maximum Gasteiger partial charge on any atom is 0.129 e. The molecule has 1 saturated heterocycles. The second kappa shape index (κ2) is 8.03. The SMILES string of the molecule is CC(C)(C)CNc1cc(-c2ccc(NC3CCN(C4CC4)CC3)nc2)ncn1. The van der Waals surface area contributed by atoms with Crippen LogP contribution < -0.4 is 10.6 Å². The van der Waals surface area contributed by atoms with Crippen LogP contribution in [-0.4, -0.2) is 51.6 Å². The molecule has 1 saturated carbocycles. The minimum absolute atomic E-state index is 0.203. The maximum atomic E-state index is 4.63. The molecule has 0 radical (unpaired) electrons. The predicted molar refractivity (Wildman–Crippen MR) is 114 cm³/mol. The van der Waals surface area contributed by atoms with Gasteiger partial charge in [0, 0.05) is 49.5 Å². The van der Waals surface area contributed by atoms with Gasteiger partial charge in [0.15, 0.2) is 0 Å². The Labute approximate surface area is 168 Å². The van der Waals surface area contributed by atoms with E-state index in [1.807, 2.05) is 12.3 Å². The quantitative estimate of drug-likeness (QED) is 0.789. The molecule has 0 atom stereocenters. The van der Waals surface area contributed by atoms with Gasteiger partial charge in [-0.2, -0.15) is 0 Å². The first-order valence-corrected chi connectivity index (χ1v) is 10.5. The van der Waals surface area contributed by atoms with Crippen LogP contribution in [0.1, 0.15) is 46.5 Å². The first-order valence-electron chi connectivity index (χ1n) is 10.5. The standard InChI is InChI=1S/C22H32N6/c1-22(2,3)14-24-21-12-19(25-15-26-21)16-4-7-20(23-13-16)27-17-8-10-28(11-9-17)18-5-6-18/h4,7,12-13,15,17-18H,5-6,8-11,14H2,1-3H3,(H,23,27)(H,24,25,26). The number of rotatable bonds is 6. The van der Waals surface area contributed by atoms with Crippen molar-refractivity contribution in [3.63, 3.8) is 0 Å². The van der Waals surface area contributed by atoms with Crippen molar-refractivity contribution < 1.29 is 0 Å². The van der Waals surface area contributed by atoms with Crippen molar-refractivity contribution in [2.24, 2.45) is 5.41 Å². The Kier molecular flexibility index (Phi) is 5.49. The fraction of sp³-hybridized carbons (Fsp3) is 0.591. The number of hydrogen-bond acceptors (Lipinski definition) is 6. The van der Waals surface area contributed by atoms with E-state index in [0.29, 0.717) is 6.04 Å². The Morgan fingerprint density at radius 1 is 1.00 bits per heavy atom. The molecule has 2 fully saturated rings. The average Bonchev–Trinajstić information content (AvgIpc) is 3.53. The topological polar surface area (TPSA) is 66.0 Å². The highest BCUT2D eigenvalue weighted by Crippen LogP contribution is 2.30. The zero-order valence-corrected chi connectivity index (χ0v) is 17.3. The summed E-state index contributed by atoms with van der Waals surface area (Å²) < 4.78 is 0. The number of anilines is 2. The van der Waals surface area contributed by atoms with Gasteiger partial charge in [0.05, 0.1) is 5.69 Å². The Hall–Kier alpha value is -2.21. The van der Waals surface area contributed by atoms with E-state index in [9.17, 15) is 0 Å². The molecule has 2 aliphatic rings. The third kappa shape index (κ3) is 5.19. The van der Waals surface area contributed by atoms with Gasteiger partial charge in [-0.1, -0.05) is 20.8 Å². The number of piperidine rings is 1. The van der Waals surface area contributed by atoms with E-state index in [2.05, 4.69) is 63.4 Å². The van der Waals surface area contributed by atoms with Gasteiger partial charge in [0.2, 0.25) is 0 Å². The predicted octanol–water partition coefficient (Wildman–Crippen LogP) is 4.04. The van der Waals surface area contributed by atoms with E-state index < -0.39 is 0 Å². The number of nitrogens with one attached hydrogen (secondary N) is 2. The second-order valence-corrected chi connectivity index (χ2v) is 9.32. The smallest absolute Gasteiger partial charge is 0.129 e. The van der Waals surface area contributed by atoms with Crippen LogP contribution in [-0.2, 0) is 0 Å². The number of aromatic nitrogens is 3. The molecule has 0 unspecified atom stereocenters. The lowest BCUT2D eigenvalue weighted by Crippen LogP contribution is -2.40. The van der Waals surface area contributed by atoms with Gasteiger partial charge in [0.1, 0.15) is 18.0 Å². The van der Waals surface area contributed by atoms with Crippen molar-refractivity contribution >= 4 is 11.6 Å².